The topological polar surface area (TPSA) is 99.4 Å². The van der Waals surface area contributed by atoms with Crippen LogP contribution in [0.25, 0.3) is 22.6 Å². The number of nitrogens with one attached hydrogen (secondary N) is 1. The van der Waals surface area contributed by atoms with Gasteiger partial charge in [0.1, 0.15) is 11.5 Å². The molecule has 5 rings (SSSR count). The number of fused-ring (bicyclic) bond motifs is 1. The number of rotatable bonds is 8. The number of ether oxygens (including phenoxy) is 2. The van der Waals surface area contributed by atoms with Crippen molar-refractivity contribution in [3.8, 4) is 34.1 Å². The fraction of sp³-hybridized carbons (Fsp3) is 0.250. The van der Waals surface area contributed by atoms with Crippen molar-refractivity contribution in [2.45, 2.75) is 26.2 Å². The first kappa shape index (κ1) is 21.1. The maximum absolute atomic E-state index is 12.4. The van der Waals surface area contributed by atoms with E-state index < -0.39 is 0 Å². The number of carbonyl (C=O) groups is 1. The van der Waals surface area contributed by atoms with E-state index in [0.29, 0.717) is 29.9 Å². The molecule has 0 saturated carbocycles. The summed E-state index contributed by atoms with van der Waals surface area (Å²) < 4.78 is 16.3. The monoisotopic (exact) mass is 462 g/mol. The van der Waals surface area contributed by atoms with Crippen LogP contribution in [0.3, 0.4) is 0 Å². The van der Waals surface area contributed by atoms with E-state index in [2.05, 4.69) is 26.5 Å². The number of carbonyl (C=O) groups excluding carboxylic acids is 1. The summed E-state index contributed by atoms with van der Waals surface area (Å²) in [6.45, 7) is 3.27. The molecule has 0 fully saturated rings. The van der Waals surface area contributed by atoms with Crippen molar-refractivity contribution in [2.75, 3.05) is 18.5 Å². The number of nitrogens with zero attached hydrogens (tertiary/aromatic N) is 3. The first-order valence-electron chi connectivity index (χ1n) is 10.8. The molecule has 0 unspecified atom stereocenters. The lowest BCUT2D eigenvalue weighted by Gasteiger charge is -2.02. The summed E-state index contributed by atoms with van der Waals surface area (Å²) in [5.74, 6) is 2.47. The standard InChI is InChI=1S/C24H22N4O4S/c1-2-30-18-6-3-15(4-7-18)23-27-22(32-28-23)10-9-21(29)26-24-25-19(14-33-24)16-5-8-20-17(13-16)11-12-31-20/h3-8,13-14H,2,9-12H2,1H3,(H,25,26,29). The largest absolute Gasteiger partial charge is 0.494 e. The van der Waals surface area contributed by atoms with Crippen molar-refractivity contribution in [1.82, 2.24) is 15.1 Å². The van der Waals surface area contributed by atoms with Crippen LogP contribution in [-0.2, 0) is 17.6 Å². The van der Waals surface area contributed by atoms with Gasteiger partial charge in [-0.3, -0.25) is 4.79 Å². The molecule has 1 amide bonds. The van der Waals surface area contributed by atoms with E-state index in [1.807, 2.05) is 48.7 Å². The highest BCUT2D eigenvalue weighted by Crippen LogP contribution is 2.32. The van der Waals surface area contributed by atoms with Crippen LogP contribution in [0.1, 0.15) is 24.8 Å². The fourth-order valence-electron chi connectivity index (χ4n) is 3.55. The zero-order valence-electron chi connectivity index (χ0n) is 18.0. The van der Waals surface area contributed by atoms with Crippen LogP contribution in [0.4, 0.5) is 5.13 Å². The van der Waals surface area contributed by atoms with E-state index in [1.54, 1.807) is 0 Å². The summed E-state index contributed by atoms with van der Waals surface area (Å²) in [4.78, 5) is 21.3. The quantitative estimate of drug-likeness (QED) is 0.403. The normalized spacial score (nSPS) is 12.3. The molecule has 2 aromatic carbocycles. The number of amides is 1. The van der Waals surface area contributed by atoms with Crippen LogP contribution in [0, 0.1) is 0 Å². The molecule has 0 atom stereocenters. The predicted octanol–water partition coefficient (Wildman–Crippen LogP) is 4.77. The van der Waals surface area contributed by atoms with Gasteiger partial charge in [-0.15, -0.1) is 11.3 Å². The summed E-state index contributed by atoms with van der Waals surface area (Å²) >= 11 is 1.40. The molecule has 1 aliphatic heterocycles. The van der Waals surface area contributed by atoms with E-state index >= 15 is 0 Å². The van der Waals surface area contributed by atoms with Crippen LogP contribution in [-0.4, -0.2) is 34.2 Å². The van der Waals surface area contributed by atoms with Crippen molar-refractivity contribution in [2.24, 2.45) is 0 Å². The van der Waals surface area contributed by atoms with Gasteiger partial charge in [0.05, 0.1) is 18.9 Å². The van der Waals surface area contributed by atoms with Crippen LogP contribution < -0.4 is 14.8 Å². The third-order valence-corrected chi connectivity index (χ3v) is 5.95. The van der Waals surface area contributed by atoms with Gasteiger partial charge in [0.25, 0.3) is 0 Å². The minimum atomic E-state index is -0.154. The van der Waals surface area contributed by atoms with Crippen molar-refractivity contribution in [3.05, 3.63) is 59.3 Å². The number of hydrogen-bond donors (Lipinski definition) is 1. The smallest absolute Gasteiger partial charge is 0.227 e. The number of aryl methyl sites for hydroxylation is 1. The molecule has 1 N–H and O–H groups in total. The second-order valence-electron chi connectivity index (χ2n) is 7.48. The molecule has 0 radical (unpaired) electrons. The van der Waals surface area contributed by atoms with Gasteiger partial charge < -0.3 is 19.3 Å². The Morgan fingerprint density at radius 2 is 2.00 bits per heavy atom. The van der Waals surface area contributed by atoms with E-state index in [-0.39, 0.29) is 12.3 Å². The SMILES string of the molecule is CCOc1ccc(-c2noc(CCC(=O)Nc3nc(-c4ccc5c(c4)CCO5)cs3)n2)cc1. The third kappa shape index (κ3) is 4.88. The molecule has 0 bridgehead atoms. The minimum Gasteiger partial charge on any atom is -0.494 e. The highest BCUT2D eigenvalue weighted by molar-refractivity contribution is 7.14. The Bertz CT molecular complexity index is 1270. The average Bonchev–Trinajstić information content (AvgIpc) is 3.59. The summed E-state index contributed by atoms with van der Waals surface area (Å²) in [5, 5.41) is 9.36. The van der Waals surface area contributed by atoms with Gasteiger partial charge in [0.15, 0.2) is 5.13 Å². The lowest BCUT2D eigenvalue weighted by atomic mass is 10.1. The molecule has 8 nitrogen and oxygen atoms in total. The van der Waals surface area contributed by atoms with Crippen LogP contribution in [0.2, 0.25) is 0 Å². The van der Waals surface area contributed by atoms with E-state index in [0.717, 1.165) is 41.3 Å². The second kappa shape index (κ2) is 9.41. The third-order valence-electron chi connectivity index (χ3n) is 5.19. The molecule has 2 aromatic heterocycles. The highest BCUT2D eigenvalue weighted by atomic mass is 32.1. The molecular formula is C24H22N4O4S. The van der Waals surface area contributed by atoms with E-state index in [9.17, 15) is 4.79 Å². The molecule has 0 spiro atoms. The second-order valence-corrected chi connectivity index (χ2v) is 8.33. The Balaban J connectivity index is 1.15. The zero-order chi connectivity index (χ0) is 22.6. The van der Waals surface area contributed by atoms with Gasteiger partial charge in [-0.1, -0.05) is 5.16 Å². The van der Waals surface area contributed by atoms with Crippen LogP contribution in [0.5, 0.6) is 11.5 Å². The Morgan fingerprint density at radius 1 is 1.15 bits per heavy atom. The Hall–Kier alpha value is -3.72. The van der Waals surface area contributed by atoms with Crippen molar-refractivity contribution >= 4 is 22.4 Å². The van der Waals surface area contributed by atoms with Crippen LogP contribution >= 0.6 is 11.3 Å². The van der Waals surface area contributed by atoms with E-state index in [1.165, 1.54) is 16.9 Å². The lowest BCUT2D eigenvalue weighted by Crippen LogP contribution is -2.12. The lowest BCUT2D eigenvalue weighted by molar-refractivity contribution is -0.116. The molecule has 4 aromatic rings. The first-order valence-corrected chi connectivity index (χ1v) is 11.6. The maximum Gasteiger partial charge on any atom is 0.227 e. The number of anilines is 1. The minimum absolute atomic E-state index is 0.154. The summed E-state index contributed by atoms with van der Waals surface area (Å²) in [7, 11) is 0. The molecule has 1 aliphatic rings. The molecule has 168 valence electrons. The summed E-state index contributed by atoms with van der Waals surface area (Å²) in [6, 6.07) is 13.5. The molecule has 9 heteroatoms. The Labute approximate surface area is 194 Å². The van der Waals surface area contributed by atoms with Gasteiger partial charge in [-0.25, -0.2) is 4.98 Å². The first-order chi connectivity index (χ1) is 16.2. The number of hydrogen-bond acceptors (Lipinski definition) is 8. The molecule has 0 saturated heterocycles. The van der Waals surface area contributed by atoms with Crippen molar-refractivity contribution in [3.63, 3.8) is 0 Å². The average molecular weight is 463 g/mol. The number of aromatic nitrogens is 3. The van der Waals surface area contributed by atoms with Crippen LogP contribution in [0.15, 0.2) is 52.4 Å². The van der Waals surface area contributed by atoms with Gasteiger partial charge in [0.2, 0.25) is 17.6 Å². The van der Waals surface area contributed by atoms with Crippen molar-refractivity contribution in [1.29, 1.82) is 0 Å². The zero-order valence-corrected chi connectivity index (χ0v) is 18.9. The van der Waals surface area contributed by atoms with Gasteiger partial charge >= 0.3 is 0 Å². The van der Waals surface area contributed by atoms with E-state index in [4.69, 9.17) is 14.0 Å². The number of benzene rings is 2. The van der Waals surface area contributed by atoms with Gasteiger partial charge in [-0.05, 0) is 55.0 Å². The maximum atomic E-state index is 12.4. The molecule has 33 heavy (non-hydrogen) atoms. The Morgan fingerprint density at radius 3 is 2.85 bits per heavy atom. The molecule has 0 aliphatic carbocycles. The van der Waals surface area contributed by atoms with Gasteiger partial charge in [-0.2, -0.15) is 4.98 Å². The molecule has 3 heterocycles. The summed E-state index contributed by atoms with van der Waals surface area (Å²) in [5.41, 5.74) is 3.87. The summed E-state index contributed by atoms with van der Waals surface area (Å²) in [6.07, 6.45) is 1.47. The fourth-order valence-corrected chi connectivity index (χ4v) is 4.29. The van der Waals surface area contributed by atoms with Crippen molar-refractivity contribution < 1.29 is 18.8 Å². The number of thiazole rings is 1. The van der Waals surface area contributed by atoms with Gasteiger partial charge in [0, 0.05) is 35.8 Å². The highest BCUT2D eigenvalue weighted by Gasteiger charge is 2.15. The molecular weight excluding hydrogens is 440 g/mol. The Kier molecular flexibility index (Phi) is 6.03. The predicted molar refractivity (Wildman–Crippen MR) is 125 cm³/mol.